The Hall–Kier alpha value is -3.07. The molecule has 0 fully saturated rings. The number of esters is 1. The topological polar surface area (TPSA) is 112 Å². The van der Waals surface area contributed by atoms with Crippen molar-refractivity contribution in [3.63, 3.8) is 0 Å². The summed E-state index contributed by atoms with van der Waals surface area (Å²) in [7, 11) is -3.88. The van der Waals surface area contributed by atoms with E-state index in [1.807, 2.05) is 0 Å². The molecule has 2 heterocycles. The van der Waals surface area contributed by atoms with Gasteiger partial charge in [0.05, 0.1) is 18.4 Å². The van der Waals surface area contributed by atoms with Gasteiger partial charge in [-0.25, -0.2) is 13.2 Å². The van der Waals surface area contributed by atoms with Gasteiger partial charge in [0.1, 0.15) is 10.7 Å². The molecule has 8 nitrogen and oxygen atoms in total. The largest absolute Gasteiger partial charge is 0.462 e. The van der Waals surface area contributed by atoms with Crippen molar-refractivity contribution in [3.8, 4) is 11.5 Å². The molecule has 0 atom stereocenters. The van der Waals surface area contributed by atoms with E-state index in [1.165, 1.54) is 43.5 Å². The number of rotatable bonds is 6. The van der Waals surface area contributed by atoms with Crippen LogP contribution >= 0.6 is 0 Å². The van der Waals surface area contributed by atoms with Gasteiger partial charge >= 0.3 is 5.97 Å². The number of aryl methyl sites for hydroxylation is 1. The van der Waals surface area contributed by atoms with Crippen molar-refractivity contribution >= 4 is 21.7 Å². The third-order valence-electron chi connectivity index (χ3n) is 3.49. The molecule has 0 saturated heterocycles. The molecule has 9 heteroatoms. The number of ether oxygens (including phenoxy) is 1. The lowest BCUT2D eigenvalue weighted by molar-refractivity contribution is 0.0526. The first-order valence-corrected chi connectivity index (χ1v) is 9.20. The molecule has 3 rings (SSSR count). The quantitative estimate of drug-likeness (QED) is 0.657. The fourth-order valence-corrected chi connectivity index (χ4v) is 3.53. The molecule has 26 heavy (non-hydrogen) atoms. The maximum absolute atomic E-state index is 12.6. The van der Waals surface area contributed by atoms with Crippen molar-refractivity contribution in [2.75, 3.05) is 11.3 Å². The second-order valence-corrected chi connectivity index (χ2v) is 6.96. The van der Waals surface area contributed by atoms with Gasteiger partial charge in [-0.1, -0.05) is 5.16 Å². The van der Waals surface area contributed by atoms with E-state index in [0.717, 1.165) is 0 Å². The van der Waals surface area contributed by atoms with Crippen LogP contribution < -0.4 is 4.72 Å². The highest BCUT2D eigenvalue weighted by Gasteiger charge is 2.23. The van der Waals surface area contributed by atoms with Crippen LogP contribution in [0.25, 0.3) is 11.5 Å². The van der Waals surface area contributed by atoms with Gasteiger partial charge in [-0.15, -0.1) is 0 Å². The number of carbonyl (C=O) groups is 1. The highest BCUT2D eigenvalue weighted by molar-refractivity contribution is 7.92. The minimum Gasteiger partial charge on any atom is -0.462 e. The van der Waals surface area contributed by atoms with Crippen molar-refractivity contribution in [1.82, 2.24) is 5.16 Å². The molecule has 1 aromatic carbocycles. The summed E-state index contributed by atoms with van der Waals surface area (Å²) in [6.45, 7) is 3.51. The summed E-state index contributed by atoms with van der Waals surface area (Å²) in [4.78, 5) is 11.6. The number of anilines is 1. The average Bonchev–Trinajstić information content (AvgIpc) is 3.25. The Morgan fingerprint density at radius 2 is 1.92 bits per heavy atom. The van der Waals surface area contributed by atoms with Crippen LogP contribution in [0.2, 0.25) is 0 Å². The molecular formula is C17H16N2O6S. The van der Waals surface area contributed by atoms with Gasteiger partial charge in [-0.05, 0) is 38.1 Å². The predicted molar refractivity (Wildman–Crippen MR) is 92.1 cm³/mol. The van der Waals surface area contributed by atoms with Crippen molar-refractivity contribution in [2.24, 2.45) is 0 Å². The lowest BCUT2D eigenvalue weighted by atomic mass is 10.2. The lowest BCUT2D eigenvalue weighted by Gasteiger charge is -2.08. The summed E-state index contributed by atoms with van der Waals surface area (Å²) >= 11 is 0. The van der Waals surface area contributed by atoms with Crippen LogP contribution in [0.5, 0.6) is 0 Å². The molecule has 0 amide bonds. The Kier molecular flexibility index (Phi) is 4.81. The highest BCUT2D eigenvalue weighted by atomic mass is 32.2. The van der Waals surface area contributed by atoms with E-state index < -0.39 is 16.0 Å². The number of sulfonamides is 1. The highest BCUT2D eigenvalue weighted by Crippen LogP contribution is 2.29. The summed E-state index contributed by atoms with van der Waals surface area (Å²) in [5.41, 5.74) is 0.641. The fraction of sp³-hybridized carbons (Fsp3) is 0.176. The number of nitrogens with one attached hydrogen (secondary N) is 1. The number of aromatic nitrogens is 1. The van der Waals surface area contributed by atoms with Crippen LogP contribution in [0.1, 0.15) is 23.0 Å². The zero-order valence-electron chi connectivity index (χ0n) is 14.1. The van der Waals surface area contributed by atoms with Crippen LogP contribution in [0.4, 0.5) is 5.69 Å². The summed E-state index contributed by atoms with van der Waals surface area (Å²) in [6, 6.07) is 8.87. The lowest BCUT2D eigenvalue weighted by Crippen LogP contribution is -2.13. The van der Waals surface area contributed by atoms with E-state index in [4.69, 9.17) is 13.7 Å². The minimum atomic E-state index is -3.88. The van der Waals surface area contributed by atoms with Crippen LogP contribution in [-0.4, -0.2) is 26.2 Å². The predicted octanol–water partition coefficient (Wildman–Crippen LogP) is 3.22. The van der Waals surface area contributed by atoms with Gasteiger partial charge in [0, 0.05) is 17.8 Å². The number of hydrogen-bond acceptors (Lipinski definition) is 7. The van der Waals surface area contributed by atoms with E-state index in [9.17, 15) is 13.2 Å². The third-order valence-corrected chi connectivity index (χ3v) is 4.98. The molecule has 136 valence electrons. The van der Waals surface area contributed by atoms with E-state index in [-0.39, 0.29) is 23.0 Å². The van der Waals surface area contributed by atoms with Crippen LogP contribution in [-0.2, 0) is 14.8 Å². The summed E-state index contributed by atoms with van der Waals surface area (Å²) in [5, 5.41) is 3.57. The smallest absolute Gasteiger partial charge is 0.338 e. The molecule has 0 radical (unpaired) electrons. The van der Waals surface area contributed by atoms with Crippen molar-refractivity contribution in [1.29, 1.82) is 0 Å². The van der Waals surface area contributed by atoms with E-state index in [1.54, 1.807) is 13.0 Å². The molecule has 0 aliphatic rings. The molecule has 0 spiro atoms. The molecule has 0 aliphatic carbocycles. The van der Waals surface area contributed by atoms with E-state index in [0.29, 0.717) is 17.0 Å². The molecule has 2 aromatic heterocycles. The molecule has 0 aliphatic heterocycles. The molecule has 0 bridgehead atoms. The van der Waals surface area contributed by atoms with Crippen molar-refractivity contribution in [2.45, 2.75) is 18.7 Å². The van der Waals surface area contributed by atoms with Crippen molar-refractivity contribution < 1.29 is 26.9 Å². The van der Waals surface area contributed by atoms with Gasteiger partial charge in [-0.2, -0.15) is 0 Å². The van der Waals surface area contributed by atoms with Crippen LogP contribution in [0.15, 0.2) is 56.4 Å². The van der Waals surface area contributed by atoms with Gasteiger partial charge in [0.2, 0.25) is 5.76 Å². The summed E-state index contributed by atoms with van der Waals surface area (Å²) in [6.07, 6.45) is 1.44. The number of nitrogens with zero attached hydrogens (tertiary/aromatic N) is 1. The minimum absolute atomic E-state index is 0.0154. The number of hydrogen-bond donors (Lipinski definition) is 1. The maximum atomic E-state index is 12.6. The number of furan rings is 1. The van der Waals surface area contributed by atoms with Gasteiger partial charge in [0.15, 0.2) is 5.76 Å². The second-order valence-electron chi connectivity index (χ2n) is 5.31. The fourth-order valence-electron chi connectivity index (χ4n) is 2.30. The SMILES string of the molecule is CCOC(=O)c1ccc(NS(=O)(=O)c2cc(-c3ccno3)oc2C)cc1. The molecular weight excluding hydrogens is 360 g/mol. The van der Waals surface area contributed by atoms with E-state index >= 15 is 0 Å². The van der Waals surface area contributed by atoms with Gasteiger partial charge in [-0.3, -0.25) is 4.72 Å². The summed E-state index contributed by atoms with van der Waals surface area (Å²) < 4.78 is 43.0. The van der Waals surface area contributed by atoms with Gasteiger partial charge < -0.3 is 13.7 Å². The Bertz CT molecular complexity index is 1000. The standard InChI is InChI=1S/C17H16N2O6S/c1-3-23-17(20)12-4-6-13(7-5-12)19-26(21,22)16-10-15(24-11(16)2)14-8-9-18-25-14/h4-10,19H,3H2,1-2H3. The first-order valence-electron chi connectivity index (χ1n) is 7.72. The molecule has 1 N–H and O–H groups in total. The van der Waals surface area contributed by atoms with Gasteiger partial charge in [0.25, 0.3) is 10.0 Å². The third kappa shape index (κ3) is 3.62. The average molecular weight is 376 g/mol. The molecule has 0 unspecified atom stereocenters. The monoisotopic (exact) mass is 376 g/mol. The van der Waals surface area contributed by atoms with E-state index in [2.05, 4.69) is 9.88 Å². The summed E-state index contributed by atoms with van der Waals surface area (Å²) in [5.74, 6) is 0.336. The van der Waals surface area contributed by atoms with Crippen molar-refractivity contribution in [3.05, 3.63) is 53.9 Å². The normalized spacial score (nSPS) is 11.3. The second kappa shape index (κ2) is 7.04. The number of benzene rings is 1. The Morgan fingerprint density at radius 1 is 1.19 bits per heavy atom. The molecule has 0 saturated carbocycles. The van der Waals surface area contributed by atoms with Crippen LogP contribution in [0, 0.1) is 6.92 Å². The number of carbonyl (C=O) groups excluding carboxylic acids is 1. The maximum Gasteiger partial charge on any atom is 0.338 e. The zero-order chi connectivity index (χ0) is 18.7. The van der Waals surface area contributed by atoms with Crippen LogP contribution in [0.3, 0.4) is 0 Å². The Balaban J connectivity index is 1.82. The first-order chi connectivity index (χ1) is 12.4. The zero-order valence-corrected chi connectivity index (χ0v) is 14.9. The molecule has 3 aromatic rings. The Morgan fingerprint density at radius 3 is 2.54 bits per heavy atom. The Labute approximate surface area is 149 Å². The first kappa shape index (κ1) is 17.7.